The van der Waals surface area contributed by atoms with Gasteiger partial charge in [0.2, 0.25) is 5.56 Å². The molecule has 0 unspecified atom stereocenters. The van der Waals surface area contributed by atoms with Crippen LogP contribution in [0.1, 0.15) is 6.92 Å². The lowest BCUT2D eigenvalue weighted by molar-refractivity contribution is 0.983. The Hall–Kier alpha value is -2.73. The summed E-state index contributed by atoms with van der Waals surface area (Å²) < 4.78 is 1.09. The van der Waals surface area contributed by atoms with E-state index in [0.29, 0.717) is 0 Å². The zero-order valence-corrected chi connectivity index (χ0v) is 13.3. The second kappa shape index (κ2) is 5.48. The first kappa shape index (κ1) is 13.9. The van der Waals surface area contributed by atoms with E-state index in [1.807, 2.05) is 36.4 Å². The molecular weight excluding hydrogens is 308 g/mol. The third-order valence-corrected chi connectivity index (χ3v) is 4.76. The Kier molecular flexibility index (Phi) is 3.31. The molecule has 0 amide bonds. The lowest BCUT2D eigenvalue weighted by Crippen LogP contribution is -2.16. The van der Waals surface area contributed by atoms with Crippen molar-refractivity contribution in [2.75, 3.05) is 11.4 Å². The Balaban J connectivity index is 1.91. The van der Waals surface area contributed by atoms with Gasteiger partial charge >= 0.3 is 0 Å². The predicted octanol–water partition coefficient (Wildman–Crippen LogP) is 3.69. The van der Waals surface area contributed by atoms with E-state index in [-0.39, 0.29) is 5.56 Å². The maximum Gasteiger partial charge on any atom is 0.248 e. The molecule has 1 N–H and O–H groups in total. The van der Waals surface area contributed by atoms with Gasteiger partial charge in [-0.25, -0.2) is 9.97 Å². The van der Waals surface area contributed by atoms with Crippen molar-refractivity contribution >= 4 is 43.4 Å². The molecule has 0 atom stereocenters. The van der Waals surface area contributed by atoms with Crippen LogP contribution in [0, 0.1) is 0 Å². The molecule has 0 aliphatic rings. The Morgan fingerprint density at radius 3 is 2.87 bits per heavy atom. The van der Waals surface area contributed by atoms with E-state index < -0.39 is 0 Å². The summed E-state index contributed by atoms with van der Waals surface area (Å²) in [7, 11) is 0. The van der Waals surface area contributed by atoms with Gasteiger partial charge < -0.3 is 9.88 Å². The molecule has 0 saturated carbocycles. The summed E-state index contributed by atoms with van der Waals surface area (Å²) in [5.74, 6) is 0.881. The van der Waals surface area contributed by atoms with E-state index in [1.54, 1.807) is 17.5 Å². The van der Waals surface area contributed by atoms with E-state index >= 15 is 0 Å². The second-order valence-corrected chi connectivity index (χ2v) is 6.13. The molecule has 4 rings (SSSR count). The largest absolute Gasteiger partial charge is 0.322 e. The van der Waals surface area contributed by atoms with Gasteiger partial charge in [-0.15, -0.1) is 0 Å². The smallest absolute Gasteiger partial charge is 0.248 e. The third-order valence-electron chi connectivity index (χ3n) is 3.72. The monoisotopic (exact) mass is 322 g/mol. The number of anilines is 2. The van der Waals surface area contributed by atoms with Crippen LogP contribution in [-0.4, -0.2) is 21.5 Å². The third kappa shape index (κ3) is 2.37. The predicted molar refractivity (Wildman–Crippen MR) is 94.7 cm³/mol. The topological polar surface area (TPSA) is 61.9 Å². The molecule has 114 valence electrons. The van der Waals surface area contributed by atoms with Gasteiger partial charge in [-0.3, -0.25) is 4.79 Å². The molecular formula is C17H14N4OS. The van der Waals surface area contributed by atoms with Crippen molar-refractivity contribution in [1.29, 1.82) is 0 Å². The summed E-state index contributed by atoms with van der Waals surface area (Å²) >= 11 is 1.63. The summed E-state index contributed by atoms with van der Waals surface area (Å²) in [5, 5.41) is 1.86. The van der Waals surface area contributed by atoms with Crippen LogP contribution in [0.15, 0.2) is 53.5 Å². The van der Waals surface area contributed by atoms with Crippen molar-refractivity contribution in [1.82, 2.24) is 15.0 Å². The minimum atomic E-state index is -0.101. The maximum absolute atomic E-state index is 11.5. The van der Waals surface area contributed by atoms with Crippen LogP contribution < -0.4 is 10.5 Å². The summed E-state index contributed by atoms with van der Waals surface area (Å²) in [6.45, 7) is 2.86. The highest BCUT2D eigenvalue weighted by atomic mass is 32.1. The van der Waals surface area contributed by atoms with Gasteiger partial charge in [0.05, 0.1) is 15.7 Å². The molecule has 0 spiro atoms. The molecule has 0 saturated heterocycles. The van der Waals surface area contributed by atoms with Crippen molar-refractivity contribution in [2.24, 2.45) is 0 Å². The second-order valence-electron chi connectivity index (χ2n) is 5.12. The van der Waals surface area contributed by atoms with Gasteiger partial charge in [-0.05, 0) is 37.3 Å². The molecule has 3 aromatic heterocycles. The Morgan fingerprint density at radius 1 is 1.17 bits per heavy atom. The average Bonchev–Trinajstić information content (AvgIpc) is 3.00. The summed E-state index contributed by atoms with van der Waals surface area (Å²) in [4.78, 5) is 25.6. The van der Waals surface area contributed by atoms with E-state index in [9.17, 15) is 4.79 Å². The van der Waals surface area contributed by atoms with Crippen LogP contribution in [0.3, 0.4) is 0 Å². The quantitative estimate of drug-likeness (QED) is 0.625. The number of thiazole rings is 1. The van der Waals surface area contributed by atoms with E-state index in [1.165, 1.54) is 6.07 Å². The fraction of sp³-hybridized carbons (Fsp3) is 0.118. The van der Waals surface area contributed by atoms with Crippen LogP contribution in [0.2, 0.25) is 0 Å². The number of pyridine rings is 2. The van der Waals surface area contributed by atoms with Crippen molar-refractivity contribution in [3.05, 3.63) is 59.0 Å². The van der Waals surface area contributed by atoms with Gasteiger partial charge in [0, 0.05) is 24.2 Å². The van der Waals surface area contributed by atoms with Crippen molar-refractivity contribution in [3.63, 3.8) is 0 Å². The standard InChI is InChI=1S/C17H14N4OS/c1-2-21(14-5-3-4-10-18-14)17-20-16-11-6-9-15(22)19-12(11)7-8-13(16)23-17/h3-10H,2H2,1H3,(H,19,22). The zero-order chi connectivity index (χ0) is 15.8. The number of hydrogen-bond acceptors (Lipinski definition) is 5. The molecule has 0 radical (unpaired) electrons. The molecule has 1 aromatic carbocycles. The normalized spacial score (nSPS) is 11.2. The first-order chi connectivity index (χ1) is 11.3. The van der Waals surface area contributed by atoms with E-state index in [4.69, 9.17) is 4.98 Å². The molecule has 0 aliphatic carbocycles. The van der Waals surface area contributed by atoms with E-state index in [0.717, 1.165) is 38.6 Å². The molecule has 6 heteroatoms. The zero-order valence-electron chi connectivity index (χ0n) is 12.5. The van der Waals surface area contributed by atoms with E-state index in [2.05, 4.69) is 21.8 Å². The van der Waals surface area contributed by atoms with Crippen LogP contribution in [0.4, 0.5) is 10.9 Å². The highest BCUT2D eigenvalue weighted by Crippen LogP contribution is 2.35. The molecule has 5 nitrogen and oxygen atoms in total. The number of nitrogens with one attached hydrogen (secondary N) is 1. The fourth-order valence-electron chi connectivity index (χ4n) is 2.64. The summed E-state index contributed by atoms with van der Waals surface area (Å²) in [5.41, 5.74) is 1.62. The Morgan fingerprint density at radius 2 is 2.09 bits per heavy atom. The number of H-pyrrole nitrogens is 1. The molecule has 0 fully saturated rings. The van der Waals surface area contributed by atoms with Crippen LogP contribution >= 0.6 is 11.3 Å². The molecule has 0 aliphatic heterocycles. The van der Waals surface area contributed by atoms with Gasteiger partial charge in [0.25, 0.3) is 0 Å². The lowest BCUT2D eigenvalue weighted by atomic mass is 10.2. The van der Waals surface area contributed by atoms with Crippen LogP contribution in [0.25, 0.3) is 21.1 Å². The van der Waals surface area contributed by atoms with Crippen molar-refractivity contribution in [3.8, 4) is 0 Å². The number of hydrogen-bond donors (Lipinski definition) is 1. The molecule has 4 aromatic rings. The molecule has 0 bridgehead atoms. The molecule has 3 heterocycles. The number of fused-ring (bicyclic) bond motifs is 3. The lowest BCUT2D eigenvalue weighted by Gasteiger charge is -2.17. The SMILES string of the molecule is CCN(c1ccccn1)c1nc2c(ccc3[nH]c(=O)ccc32)s1. The number of aromatic amines is 1. The highest BCUT2D eigenvalue weighted by molar-refractivity contribution is 7.22. The number of aromatic nitrogens is 3. The Labute approximate surface area is 136 Å². The van der Waals surface area contributed by atoms with Crippen molar-refractivity contribution in [2.45, 2.75) is 6.92 Å². The fourth-order valence-corrected chi connectivity index (χ4v) is 3.69. The number of benzene rings is 1. The highest BCUT2D eigenvalue weighted by Gasteiger charge is 2.15. The maximum atomic E-state index is 11.5. The number of rotatable bonds is 3. The van der Waals surface area contributed by atoms with Gasteiger partial charge in [0.15, 0.2) is 5.13 Å². The first-order valence-corrected chi connectivity index (χ1v) is 8.19. The van der Waals surface area contributed by atoms with Gasteiger partial charge in [-0.2, -0.15) is 0 Å². The van der Waals surface area contributed by atoms with Crippen LogP contribution in [0.5, 0.6) is 0 Å². The summed E-state index contributed by atoms with van der Waals surface area (Å²) in [6, 6.07) is 13.1. The average molecular weight is 322 g/mol. The van der Waals surface area contributed by atoms with Crippen molar-refractivity contribution < 1.29 is 0 Å². The minimum Gasteiger partial charge on any atom is -0.322 e. The Bertz CT molecular complexity index is 1040. The molecule has 23 heavy (non-hydrogen) atoms. The summed E-state index contributed by atoms with van der Waals surface area (Å²) in [6.07, 6.45) is 1.78. The van der Waals surface area contributed by atoms with Gasteiger partial charge in [0.1, 0.15) is 5.82 Å². The first-order valence-electron chi connectivity index (χ1n) is 7.37. The van der Waals surface area contributed by atoms with Gasteiger partial charge in [-0.1, -0.05) is 17.4 Å². The minimum absolute atomic E-state index is 0.101. The van der Waals surface area contributed by atoms with Crippen LogP contribution in [-0.2, 0) is 0 Å². The number of nitrogens with zero attached hydrogens (tertiary/aromatic N) is 3.